The molecule has 7 nitrogen and oxygen atoms in total. The molecule has 0 radical (unpaired) electrons. The number of carbonyl (C=O) groups is 1. The van der Waals surface area contributed by atoms with E-state index < -0.39 is 5.91 Å². The van der Waals surface area contributed by atoms with Crippen LogP contribution in [0.3, 0.4) is 0 Å². The molecule has 132 valence electrons. The summed E-state index contributed by atoms with van der Waals surface area (Å²) in [5.41, 5.74) is 1.66. The lowest BCUT2D eigenvalue weighted by Gasteiger charge is -2.06. The lowest BCUT2D eigenvalue weighted by molar-refractivity contribution is 0.101. The standard InChI is InChI=1S/C18H16ClN5O2/c1-2-24-17(25)9-7-15(23-24)18(26)20-16-8-6-14(21-22-16)11-12-4-3-5-13(19)10-12/h3-10H,2,11H2,1H3,(H,20,22,26). The van der Waals surface area contributed by atoms with Crippen LogP contribution in [0.5, 0.6) is 0 Å². The monoisotopic (exact) mass is 369 g/mol. The minimum absolute atomic E-state index is 0.135. The fourth-order valence-electron chi connectivity index (χ4n) is 2.35. The zero-order valence-corrected chi connectivity index (χ0v) is 14.8. The third kappa shape index (κ3) is 4.31. The average molecular weight is 370 g/mol. The second kappa shape index (κ2) is 7.88. The van der Waals surface area contributed by atoms with Gasteiger partial charge in [-0.15, -0.1) is 5.10 Å². The first kappa shape index (κ1) is 17.8. The van der Waals surface area contributed by atoms with E-state index in [4.69, 9.17) is 11.6 Å². The molecule has 1 N–H and O–H groups in total. The van der Waals surface area contributed by atoms with E-state index in [2.05, 4.69) is 20.6 Å². The van der Waals surface area contributed by atoms with E-state index in [1.54, 1.807) is 19.1 Å². The normalized spacial score (nSPS) is 10.5. The second-order valence-corrected chi connectivity index (χ2v) is 5.98. The van der Waals surface area contributed by atoms with Crippen LogP contribution in [0.4, 0.5) is 5.82 Å². The molecule has 3 rings (SSSR count). The minimum Gasteiger partial charge on any atom is -0.304 e. The molecule has 1 amide bonds. The third-order valence-electron chi connectivity index (χ3n) is 3.63. The molecule has 1 aromatic carbocycles. The van der Waals surface area contributed by atoms with Crippen LogP contribution >= 0.6 is 11.6 Å². The first-order chi connectivity index (χ1) is 12.5. The Bertz CT molecular complexity index is 985. The van der Waals surface area contributed by atoms with Gasteiger partial charge in [-0.05, 0) is 42.8 Å². The Balaban J connectivity index is 1.69. The number of nitrogens with one attached hydrogen (secondary N) is 1. The number of rotatable bonds is 5. The first-order valence-electron chi connectivity index (χ1n) is 8.01. The molecule has 3 aromatic rings. The largest absolute Gasteiger partial charge is 0.304 e. The molecule has 26 heavy (non-hydrogen) atoms. The van der Waals surface area contributed by atoms with Crippen molar-refractivity contribution in [3.8, 4) is 0 Å². The van der Waals surface area contributed by atoms with Crippen molar-refractivity contribution >= 4 is 23.3 Å². The summed E-state index contributed by atoms with van der Waals surface area (Å²) in [5.74, 6) is -0.148. The minimum atomic E-state index is -0.455. The van der Waals surface area contributed by atoms with Gasteiger partial charge >= 0.3 is 0 Å². The molecular formula is C18H16ClN5O2. The van der Waals surface area contributed by atoms with Gasteiger partial charge in [0, 0.05) is 24.1 Å². The highest BCUT2D eigenvalue weighted by Crippen LogP contribution is 2.14. The van der Waals surface area contributed by atoms with Gasteiger partial charge in [0.25, 0.3) is 11.5 Å². The zero-order chi connectivity index (χ0) is 18.5. The number of anilines is 1. The molecule has 0 bridgehead atoms. The molecule has 0 aliphatic rings. The van der Waals surface area contributed by atoms with E-state index in [-0.39, 0.29) is 11.3 Å². The van der Waals surface area contributed by atoms with Crippen molar-refractivity contribution in [1.82, 2.24) is 20.0 Å². The first-order valence-corrected chi connectivity index (χ1v) is 8.39. The SMILES string of the molecule is CCn1nc(C(=O)Nc2ccc(Cc3cccc(Cl)c3)nn2)ccc1=O. The highest BCUT2D eigenvalue weighted by atomic mass is 35.5. The van der Waals surface area contributed by atoms with Gasteiger partial charge in [0.05, 0.1) is 5.69 Å². The van der Waals surface area contributed by atoms with Crippen molar-refractivity contribution in [2.75, 3.05) is 5.32 Å². The highest BCUT2D eigenvalue weighted by Gasteiger charge is 2.11. The van der Waals surface area contributed by atoms with Crippen molar-refractivity contribution < 1.29 is 4.79 Å². The van der Waals surface area contributed by atoms with Crippen LogP contribution in [0, 0.1) is 0 Å². The predicted molar refractivity (Wildman–Crippen MR) is 98.4 cm³/mol. The van der Waals surface area contributed by atoms with Crippen LogP contribution < -0.4 is 10.9 Å². The maximum absolute atomic E-state index is 12.2. The van der Waals surface area contributed by atoms with Crippen molar-refractivity contribution in [2.24, 2.45) is 0 Å². The Hall–Kier alpha value is -3.06. The summed E-state index contributed by atoms with van der Waals surface area (Å²) < 4.78 is 1.22. The van der Waals surface area contributed by atoms with E-state index in [0.717, 1.165) is 11.3 Å². The summed E-state index contributed by atoms with van der Waals surface area (Å²) in [6.45, 7) is 2.16. The Labute approximate surface area is 154 Å². The van der Waals surface area contributed by atoms with E-state index in [0.29, 0.717) is 23.8 Å². The molecule has 0 fully saturated rings. The van der Waals surface area contributed by atoms with Gasteiger partial charge in [-0.25, -0.2) is 4.68 Å². The topological polar surface area (TPSA) is 89.8 Å². The van der Waals surface area contributed by atoms with Crippen molar-refractivity contribution in [1.29, 1.82) is 0 Å². The Morgan fingerprint density at radius 3 is 2.69 bits per heavy atom. The van der Waals surface area contributed by atoms with Gasteiger partial charge in [-0.3, -0.25) is 9.59 Å². The summed E-state index contributed by atoms with van der Waals surface area (Å²) in [6.07, 6.45) is 0.588. The molecule has 0 unspecified atom stereocenters. The number of amides is 1. The summed E-state index contributed by atoms with van der Waals surface area (Å²) in [4.78, 5) is 23.8. The third-order valence-corrected chi connectivity index (χ3v) is 3.87. The Kier molecular flexibility index (Phi) is 5.38. The van der Waals surface area contributed by atoms with Crippen LogP contribution in [0.1, 0.15) is 28.7 Å². The maximum atomic E-state index is 12.2. The van der Waals surface area contributed by atoms with Crippen LogP contribution in [0.15, 0.2) is 53.3 Å². The number of hydrogen-bond acceptors (Lipinski definition) is 5. The number of aryl methyl sites for hydroxylation is 1. The molecule has 0 saturated heterocycles. The zero-order valence-electron chi connectivity index (χ0n) is 14.0. The van der Waals surface area contributed by atoms with Gasteiger partial charge in [0.1, 0.15) is 5.69 Å². The molecule has 0 spiro atoms. The van der Waals surface area contributed by atoms with E-state index in [1.807, 2.05) is 24.3 Å². The average Bonchev–Trinajstić information content (AvgIpc) is 2.64. The van der Waals surface area contributed by atoms with Gasteiger partial charge in [-0.2, -0.15) is 10.2 Å². The molecule has 2 heterocycles. The molecule has 8 heteroatoms. The summed E-state index contributed by atoms with van der Waals surface area (Å²) in [6, 6.07) is 13.7. The van der Waals surface area contributed by atoms with Crippen molar-refractivity contribution in [2.45, 2.75) is 19.9 Å². The fraction of sp³-hybridized carbons (Fsp3) is 0.167. The van der Waals surface area contributed by atoms with E-state index in [9.17, 15) is 9.59 Å². The van der Waals surface area contributed by atoms with Crippen molar-refractivity contribution in [3.05, 3.63) is 80.9 Å². The second-order valence-electron chi connectivity index (χ2n) is 5.54. The molecule has 0 atom stereocenters. The number of hydrogen-bond donors (Lipinski definition) is 1. The van der Waals surface area contributed by atoms with Crippen LogP contribution in [-0.2, 0) is 13.0 Å². The number of aromatic nitrogens is 4. The quantitative estimate of drug-likeness (QED) is 0.746. The predicted octanol–water partition coefficient (Wildman–Crippen LogP) is 2.55. The molecule has 0 aliphatic heterocycles. The summed E-state index contributed by atoms with van der Waals surface area (Å²) in [7, 11) is 0. The van der Waals surface area contributed by atoms with Crippen LogP contribution in [0.25, 0.3) is 0 Å². The molecular weight excluding hydrogens is 354 g/mol. The molecule has 0 aliphatic carbocycles. The number of nitrogens with zero attached hydrogens (tertiary/aromatic N) is 4. The van der Waals surface area contributed by atoms with Crippen LogP contribution in [0.2, 0.25) is 5.02 Å². The van der Waals surface area contributed by atoms with Gasteiger partial charge in [0.2, 0.25) is 0 Å². The summed E-state index contributed by atoms with van der Waals surface area (Å²) >= 11 is 5.97. The van der Waals surface area contributed by atoms with E-state index in [1.165, 1.54) is 16.8 Å². The molecule has 2 aromatic heterocycles. The smallest absolute Gasteiger partial charge is 0.277 e. The van der Waals surface area contributed by atoms with Gasteiger partial charge in [-0.1, -0.05) is 23.7 Å². The van der Waals surface area contributed by atoms with Crippen LogP contribution in [-0.4, -0.2) is 25.9 Å². The van der Waals surface area contributed by atoms with Gasteiger partial charge in [0.15, 0.2) is 5.82 Å². The number of benzene rings is 1. The Morgan fingerprint density at radius 1 is 1.15 bits per heavy atom. The lowest BCUT2D eigenvalue weighted by Crippen LogP contribution is -2.25. The van der Waals surface area contributed by atoms with Gasteiger partial charge < -0.3 is 5.32 Å². The van der Waals surface area contributed by atoms with Crippen molar-refractivity contribution in [3.63, 3.8) is 0 Å². The highest BCUT2D eigenvalue weighted by molar-refractivity contribution is 6.30. The maximum Gasteiger partial charge on any atom is 0.277 e. The number of carbonyl (C=O) groups excluding carboxylic acids is 1. The Morgan fingerprint density at radius 2 is 2.00 bits per heavy atom. The fourth-order valence-corrected chi connectivity index (χ4v) is 2.57. The van der Waals surface area contributed by atoms with E-state index >= 15 is 0 Å². The number of halogens is 1. The summed E-state index contributed by atoms with van der Waals surface area (Å²) in [5, 5.41) is 15.4. The lowest BCUT2D eigenvalue weighted by atomic mass is 10.1. The molecule has 0 saturated carbocycles.